The zero-order valence-electron chi connectivity index (χ0n) is 15.6. The summed E-state index contributed by atoms with van der Waals surface area (Å²) in [5.74, 6) is 0.152. The number of nitrogens with one attached hydrogen (secondary N) is 1. The van der Waals surface area contributed by atoms with Crippen LogP contribution in [0.4, 0.5) is 17.6 Å². The lowest BCUT2D eigenvalue weighted by atomic mass is 10.1. The Morgan fingerprint density at radius 1 is 1.26 bits per heavy atom. The van der Waals surface area contributed by atoms with Gasteiger partial charge >= 0.3 is 6.18 Å². The highest BCUT2D eigenvalue weighted by atomic mass is 19.4. The van der Waals surface area contributed by atoms with Gasteiger partial charge in [-0.25, -0.2) is 9.38 Å². The Hall–Kier alpha value is -1.87. The summed E-state index contributed by atoms with van der Waals surface area (Å²) < 4.78 is 52.1. The Kier molecular flexibility index (Phi) is 7.43. The van der Waals surface area contributed by atoms with Gasteiger partial charge in [0.25, 0.3) is 0 Å². The van der Waals surface area contributed by atoms with Crippen LogP contribution >= 0.6 is 0 Å². The van der Waals surface area contributed by atoms with Crippen LogP contribution in [0.15, 0.2) is 23.2 Å². The highest BCUT2D eigenvalue weighted by molar-refractivity contribution is 5.80. The predicted octanol–water partition coefficient (Wildman–Crippen LogP) is 2.35. The normalized spacial score (nSPS) is 17.9. The molecule has 0 radical (unpaired) electrons. The first-order valence-corrected chi connectivity index (χ1v) is 8.98. The number of piperazine rings is 1. The standard InChI is InChI=1S/C18H26F4N4O/c1-3-23-17(24-11-14-4-5-16(19)15(10-14)12-27)26-8-6-25(7-9-26)13(2)18(20,21)22/h4-5,10,13,27H,3,6-9,11-12H2,1-2H3,(H,23,24). The number of alkyl halides is 3. The van der Waals surface area contributed by atoms with E-state index in [1.807, 2.05) is 11.8 Å². The van der Waals surface area contributed by atoms with Gasteiger partial charge in [0.15, 0.2) is 5.96 Å². The molecule has 1 aromatic rings. The van der Waals surface area contributed by atoms with E-state index in [0.717, 1.165) is 5.56 Å². The molecule has 27 heavy (non-hydrogen) atoms. The molecule has 0 aromatic heterocycles. The molecule has 0 saturated carbocycles. The molecule has 0 bridgehead atoms. The summed E-state index contributed by atoms with van der Waals surface area (Å²) in [7, 11) is 0. The SMILES string of the molecule is CCNC(=NCc1ccc(F)c(CO)c1)N1CCN(C(C)C(F)(F)F)CC1. The van der Waals surface area contributed by atoms with Crippen molar-refractivity contribution in [3.8, 4) is 0 Å². The van der Waals surface area contributed by atoms with Crippen LogP contribution in [0.3, 0.4) is 0 Å². The third-order valence-corrected chi connectivity index (χ3v) is 4.66. The molecule has 1 saturated heterocycles. The minimum atomic E-state index is -4.23. The van der Waals surface area contributed by atoms with Crippen LogP contribution in [0.1, 0.15) is 25.0 Å². The number of aliphatic hydroxyl groups excluding tert-OH is 1. The molecular weight excluding hydrogens is 364 g/mol. The quantitative estimate of drug-likeness (QED) is 0.460. The van der Waals surface area contributed by atoms with Crippen molar-refractivity contribution >= 4 is 5.96 Å². The molecular formula is C18H26F4N4O. The van der Waals surface area contributed by atoms with Crippen molar-refractivity contribution in [2.75, 3.05) is 32.7 Å². The zero-order chi connectivity index (χ0) is 20.0. The minimum Gasteiger partial charge on any atom is -0.392 e. The molecule has 2 N–H and O–H groups in total. The second kappa shape index (κ2) is 9.36. The summed E-state index contributed by atoms with van der Waals surface area (Å²) in [5, 5.41) is 12.3. The lowest BCUT2D eigenvalue weighted by Crippen LogP contribution is -2.56. The van der Waals surface area contributed by atoms with E-state index in [1.165, 1.54) is 17.9 Å². The number of aliphatic hydroxyl groups is 1. The van der Waals surface area contributed by atoms with Crippen molar-refractivity contribution in [3.05, 3.63) is 35.1 Å². The summed E-state index contributed by atoms with van der Waals surface area (Å²) in [4.78, 5) is 7.87. The number of guanidine groups is 1. The third kappa shape index (κ3) is 5.80. The number of rotatable bonds is 5. The fourth-order valence-corrected chi connectivity index (χ4v) is 2.97. The largest absolute Gasteiger partial charge is 0.403 e. The van der Waals surface area contributed by atoms with E-state index >= 15 is 0 Å². The molecule has 1 unspecified atom stereocenters. The molecule has 1 aliphatic rings. The van der Waals surface area contributed by atoms with Crippen molar-refractivity contribution in [2.24, 2.45) is 4.99 Å². The molecule has 2 rings (SSSR count). The average molecular weight is 390 g/mol. The van der Waals surface area contributed by atoms with Gasteiger partial charge in [-0.3, -0.25) is 4.90 Å². The van der Waals surface area contributed by atoms with Gasteiger partial charge in [0.1, 0.15) is 11.9 Å². The number of nitrogens with zero attached hydrogens (tertiary/aromatic N) is 3. The third-order valence-electron chi connectivity index (χ3n) is 4.66. The van der Waals surface area contributed by atoms with Crippen LogP contribution in [0.2, 0.25) is 0 Å². The van der Waals surface area contributed by atoms with Gasteiger partial charge < -0.3 is 15.3 Å². The number of hydrogen-bond acceptors (Lipinski definition) is 3. The average Bonchev–Trinajstić information content (AvgIpc) is 2.65. The maximum atomic E-state index is 13.5. The first-order valence-electron chi connectivity index (χ1n) is 8.98. The number of benzene rings is 1. The minimum absolute atomic E-state index is 0.211. The van der Waals surface area contributed by atoms with Gasteiger partial charge in [0.2, 0.25) is 0 Å². The van der Waals surface area contributed by atoms with Crippen LogP contribution in [0.25, 0.3) is 0 Å². The summed E-state index contributed by atoms with van der Waals surface area (Å²) in [6, 6.07) is 2.99. The Morgan fingerprint density at radius 3 is 2.48 bits per heavy atom. The molecule has 0 amide bonds. The monoisotopic (exact) mass is 390 g/mol. The summed E-state index contributed by atoms with van der Waals surface area (Å²) in [6.07, 6.45) is -4.23. The molecule has 1 atom stereocenters. The first-order chi connectivity index (χ1) is 12.8. The number of hydrogen-bond donors (Lipinski definition) is 2. The van der Waals surface area contributed by atoms with Crippen LogP contribution in [-0.4, -0.2) is 65.8 Å². The molecule has 1 fully saturated rings. The van der Waals surface area contributed by atoms with E-state index < -0.39 is 18.0 Å². The fraction of sp³-hybridized carbons (Fsp3) is 0.611. The van der Waals surface area contributed by atoms with Crippen molar-refractivity contribution in [1.29, 1.82) is 0 Å². The van der Waals surface area contributed by atoms with Gasteiger partial charge in [-0.05, 0) is 31.5 Å². The maximum Gasteiger partial charge on any atom is 0.403 e. The number of aliphatic imine (C=N–C) groups is 1. The van der Waals surface area contributed by atoms with E-state index in [1.54, 1.807) is 12.1 Å². The van der Waals surface area contributed by atoms with Crippen molar-refractivity contribution in [1.82, 2.24) is 15.1 Å². The molecule has 1 aromatic carbocycles. The van der Waals surface area contributed by atoms with Gasteiger partial charge in [-0.2, -0.15) is 13.2 Å². The fourth-order valence-electron chi connectivity index (χ4n) is 2.97. The Morgan fingerprint density at radius 2 is 1.93 bits per heavy atom. The Balaban J connectivity index is 2.02. The van der Waals surface area contributed by atoms with E-state index in [2.05, 4.69) is 10.3 Å². The molecule has 1 aliphatic heterocycles. The molecule has 5 nitrogen and oxygen atoms in total. The Bertz CT molecular complexity index is 643. The van der Waals surface area contributed by atoms with E-state index in [0.29, 0.717) is 38.7 Å². The van der Waals surface area contributed by atoms with E-state index in [9.17, 15) is 17.6 Å². The van der Waals surface area contributed by atoms with Crippen LogP contribution < -0.4 is 5.32 Å². The van der Waals surface area contributed by atoms with Gasteiger partial charge in [0, 0.05) is 38.3 Å². The van der Waals surface area contributed by atoms with E-state index in [-0.39, 0.29) is 18.7 Å². The topological polar surface area (TPSA) is 51.1 Å². The van der Waals surface area contributed by atoms with Gasteiger partial charge in [-0.15, -0.1) is 0 Å². The van der Waals surface area contributed by atoms with Crippen LogP contribution in [0.5, 0.6) is 0 Å². The second-order valence-electron chi connectivity index (χ2n) is 6.49. The lowest BCUT2D eigenvalue weighted by molar-refractivity contribution is -0.181. The predicted molar refractivity (Wildman–Crippen MR) is 95.8 cm³/mol. The maximum absolute atomic E-state index is 13.5. The first kappa shape index (κ1) is 21.4. The smallest absolute Gasteiger partial charge is 0.392 e. The Labute approximate surface area is 156 Å². The summed E-state index contributed by atoms with van der Waals surface area (Å²) in [5.41, 5.74) is 0.961. The van der Waals surface area contributed by atoms with Crippen molar-refractivity contribution in [2.45, 2.75) is 39.2 Å². The number of halogens is 4. The van der Waals surface area contributed by atoms with E-state index in [4.69, 9.17) is 5.11 Å². The lowest BCUT2D eigenvalue weighted by Gasteiger charge is -2.39. The van der Waals surface area contributed by atoms with Gasteiger partial charge in [-0.1, -0.05) is 6.07 Å². The second-order valence-corrected chi connectivity index (χ2v) is 6.49. The highest BCUT2D eigenvalue weighted by Gasteiger charge is 2.41. The van der Waals surface area contributed by atoms with Crippen molar-refractivity contribution < 1.29 is 22.7 Å². The highest BCUT2D eigenvalue weighted by Crippen LogP contribution is 2.25. The molecule has 1 heterocycles. The van der Waals surface area contributed by atoms with Crippen LogP contribution in [0, 0.1) is 5.82 Å². The zero-order valence-corrected chi connectivity index (χ0v) is 15.6. The summed E-state index contributed by atoms with van der Waals surface area (Å²) >= 11 is 0. The van der Waals surface area contributed by atoms with Crippen LogP contribution in [-0.2, 0) is 13.2 Å². The molecule has 0 aliphatic carbocycles. The summed E-state index contributed by atoms with van der Waals surface area (Å²) in [6.45, 7) is 5.12. The van der Waals surface area contributed by atoms with Crippen molar-refractivity contribution in [3.63, 3.8) is 0 Å². The molecule has 0 spiro atoms. The molecule has 9 heteroatoms. The van der Waals surface area contributed by atoms with Gasteiger partial charge in [0.05, 0.1) is 13.2 Å². The molecule has 152 valence electrons.